The third kappa shape index (κ3) is 34.1. The van der Waals surface area contributed by atoms with Gasteiger partial charge in [0, 0.05) is 5.92 Å². The van der Waals surface area contributed by atoms with Gasteiger partial charge in [-0.2, -0.15) is 0 Å². The number of hydrogen-bond donors (Lipinski definition) is 0. The summed E-state index contributed by atoms with van der Waals surface area (Å²) in [6, 6.07) is 0. The zero-order chi connectivity index (χ0) is 28.7. The molecule has 0 aliphatic heterocycles. The van der Waals surface area contributed by atoms with Crippen molar-refractivity contribution in [2.45, 2.75) is 213 Å². The molecular weight excluding hydrogens is 470 g/mol. The van der Waals surface area contributed by atoms with Gasteiger partial charge in [-0.25, -0.2) is 0 Å². The van der Waals surface area contributed by atoms with Gasteiger partial charge in [0.05, 0.1) is 27.7 Å². The summed E-state index contributed by atoms with van der Waals surface area (Å²) in [5.74, 6) is 0.948. The molecule has 1 atom stereocenters. The molecule has 236 valence electrons. The van der Waals surface area contributed by atoms with Crippen molar-refractivity contribution in [3.63, 3.8) is 0 Å². The van der Waals surface area contributed by atoms with Gasteiger partial charge >= 0.3 is 0 Å². The van der Waals surface area contributed by atoms with Crippen LogP contribution in [0.1, 0.15) is 213 Å². The number of rotatable bonds is 33. The van der Waals surface area contributed by atoms with Crippen LogP contribution in [0.5, 0.6) is 0 Å². The zero-order valence-corrected chi connectivity index (χ0v) is 28.7. The Kier molecular flexibility index (Phi) is 30.9. The predicted octanol–water partition coefficient (Wildman–Crippen LogP) is 13.4. The fraction of sp³-hybridized carbons (Fsp3) is 1.00. The molecule has 0 radical (unpaired) electrons. The molecule has 0 aromatic heterocycles. The second-order valence-electron chi connectivity index (χ2n) is 14.5. The first-order chi connectivity index (χ1) is 19.0. The standard InChI is InChI=1S/C38H80N/c1-6-8-10-12-14-16-18-20-22-24-26-28-30-32-34-36-38(37-39(3,4)5)35-33-31-29-27-25-23-21-19-17-15-13-11-9-7-2/h38H,6-37H2,1-5H3/q+1. The van der Waals surface area contributed by atoms with E-state index in [-0.39, 0.29) is 0 Å². The molecule has 1 nitrogen and oxygen atoms in total. The summed E-state index contributed by atoms with van der Waals surface area (Å²) >= 11 is 0. The maximum atomic E-state index is 2.39. The Morgan fingerprint density at radius 3 is 0.718 bits per heavy atom. The normalized spacial score (nSPS) is 12.8. The zero-order valence-electron chi connectivity index (χ0n) is 28.7. The summed E-state index contributed by atoms with van der Waals surface area (Å²) in [4.78, 5) is 0. The maximum Gasteiger partial charge on any atom is 0.0809 e. The van der Waals surface area contributed by atoms with Crippen molar-refractivity contribution in [3.05, 3.63) is 0 Å². The van der Waals surface area contributed by atoms with E-state index in [1.165, 1.54) is 206 Å². The molecule has 0 amide bonds. The van der Waals surface area contributed by atoms with E-state index in [0.29, 0.717) is 0 Å². The summed E-state index contributed by atoms with van der Waals surface area (Å²) in [7, 11) is 7.18. The van der Waals surface area contributed by atoms with Crippen molar-refractivity contribution in [2.24, 2.45) is 5.92 Å². The SMILES string of the molecule is CCCCCCCCCCCCCCCCCC(CCCCCCCCCCCCCCCC)C[N+](C)(C)C. The summed E-state index contributed by atoms with van der Waals surface area (Å²) < 4.78 is 1.14. The van der Waals surface area contributed by atoms with Crippen LogP contribution in [0.4, 0.5) is 0 Å². The molecule has 0 fully saturated rings. The van der Waals surface area contributed by atoms with Gasteiger partial charge in [-0.15, -0.1) is 0 Å². The summed E-state index contributed by atoms with van der Waals surface area (Å²) in [6.45, 7) is 5.99. The van der Waals surface area contributed by atoms with Gasteiger partial charge in [-0.1, -0.05) is 200 Å². The number of unbranched alkanes of at least 4 members (excludes halogenated alkanes) is 27. The maximum absolute atomic E-state index is 2.39. The highest BCUT2D eigenvalue weighted by Crippen LogP contribution is 2.22. The molecule has 0 saturated heterocycles. The van der Waals surface area contributed by atoms with Crippen LogP contribution >= 0.6 is 0 Å². The highest BCUT2D eigenvalue weighted by Gasteiger charge is 2.17. The second-order valence-corrected chi connectivity index (χ2v) is 14.5. The smallest absolute Gasteiger partial charge is 0.0809 e. The Balaban J connectivity index is 3.59. The quantitative estimate of drug-likeness (QED) is 0.0563. The summed E-state index contributed by atoms with van der Waals surface area (Å²) in [5, 5.41) is 0. The molecule has 0 saturated carbocycles. The molecule has 0 aliphatic carbocycles. The Morgan fingerprint density at radius 2 is 0.513 bits per heavy atom. The fourth-order valence-electron chi connectivity index (χ4n) is 6.53. The molecule has 0 bridgehead atoms. The topological polar surface area (TPSA) is 0 Å². The van der Waals surface area contributed by atoms with Crippen molar-refractivity contribution in [1.82, 2.24) is 0 Å². The molecular formula is C38H80N+. The lowest BCUT2D eigenvalue weighted by Crippen LogP contribution is -2.39. The lowest BCUT2D eigenvalue weighted by atomic mass is 9.93. The van der Waals surface area contributed by atoms with E-state index in [1.807, 2.05) is 0 Å². The van der Waals surface area contributed by atoms with E-state index in [9.17, 15) is 0 Å². The lowest BCUT2D eigenvalue weighted by Gasteiger charge is -2.29. The van der Waals surface area contributed by atoms with Gasteiger partial charge in [0.15, 0.2) is 0 Å². The third-order valence-corrected chi connectivity index (χ3v) is 8.99. The summed E-state index contributed by atoms with van der Waals surface area (Å²) in [6.07, 6.45) is 45.6. The van der Waals surface area contributed by atoms with Crippen molar-refractivity contribution in [2.75, 3.05) is 27.7 Å². The minimum absolute atomic E-state index is 0.948. The first-order valence-corrected chi connectivity index (χ1v) is 18.8. The molecule has 0 aromatic carbocycles. The van der Waals surface area contributed by atoms with E-state index in [0.717, 1.165) is 10.4 Å². The Morgan fingerprint density at radius 1 is 0.308 bits per heavy atom. The van der Waals surface area contributed by atoms with Gasteiger partial charge in [0.25, 0.3) is 0 Å². The van der Waals surface area contributed by atoms with Crippen LogP contribution in [0.3, 0.4) is 0 Å². The Bertz CT molecular complexity index is 437. The van der Waals surface area contributed by atoms with Crippen molar-refractivity contribution in [1.29, 1.82) is 0 Å². The minimum atomic E-state index is 0.948. The molecule has 0 N–H and O–H groups in total. The Labute approximate surface area is 250 Å². The minimum Gasteiger partial charge on any atom is -0.331 e. The van der Waals surface area contributed by atoms with Gasteiger partial charge < -0.3 is 4.48 Å². The van der Waals surface area contributed by atoms with Crippen LogP contribution in [0.15, 0.2) is 0 Å². The van der Waals surface area contributed by atoms with Gasteiger partial charge in [0.1, 0.15) is 0 Å². The highest BCUT2D eigenvalue weighted by atomic mass is 15.3. The second kappa shape index (κ2) is 30.9. The number of nitrogens with zero attached hydrogens (tertiary/aromatic N) is 1. The van der Waals surface area contributed by atoms with Crippen LogP contribution < -0.4 is 0 Å². The molecule has 0 heterocycles. The van der Waals surface area contributed by atoms with Crippen LogP contribution in [-0.2, 0) is 0 Å². The molecule has 1 heteroatoms. The lowest BCUT2D eigenvalue weighted by molar-refractivity contribution is -0.874. The van der Waals surface area contributed by atoms with Crippen LogP contribution in [-0.4, -0.2) is 32.2 Å². The number of quaternary nitrogens is 1. The average Bonchev–Trinajstić information content (AvgIpc) is 2.90. The van der Waals surface area contributed by atoms with E-state index in [1.54, 1.807) is 0 Å². The average molecular weight is 551 g/mol. The van der Waals surface area contributed by atoms with Crippen LogP contribution in [0, 0.1) is 5.92 Å². The molecule has 1 unspecified atom stereocenters. The van der Waals surface area contributed by atoms with E-state index < -0.39 is 0 Å². The van der Waals surface area contributed by atoms with E-state index in [2.05, 4.69) is 35.0 Å². The molecule has 39 heavy (non-hydrogen) atoms. The van der Waals surface area contributed by atoms with E-state index >= 15 is 0 Å². The molecule has 0 aliphatic rings. The molecule has 0 aromatic rings. The van der Waals surface area contributed by atoms with Crippen molar-refractivity contribution in [3.8, 4) is 0 Å². The number of hydrogen-bond acceptors (Lipinski definition) is 0. The fourth-order valence-corrected chi connectivity index (χ4v) is 6.53. The largest absolute Gasteiger partial charge is 0.331 e. The monoisotopic (exact) mass is 551 g/mol. The van der Waals surface area contributed by atoms with Gasteiger partial charge in [0.2, 0.25) is 0 Å². The van der Waals surface area contributed by atoms with Gasteiger partial charge in [-0.3, -0.25) is 0 Å². The third-order valence-electron chi connectivity index (χ3n) is 8.99. The van der Waals surface area contributed by atoms with E-state index in [4.69, 9.17) is 0 Å². The predicted molar refractivity (Wildman–Crippen MR) is 181 cm³/mol. The highest BCUT2D eigenvalue weighted by molar-refractivity contribution is 4.61. The van der Waals surface area contributed by atoms with Crippen molar-refractivity contribution < 1.29 is 4.48 Å². The first-order valence-electron chi connectivity index (χ1n) is 18.8. The van der Waals surface area contributed by atoms with Crippen LogP contribution in [0.25, 0.3) is 0 Å². The summed E-state index contributed by atoms with van der Waals surface area (Å²) in [5.41, 5.74) is 0. The first kappa shape index (κ1) is 39.0. The van der Waals surface area contributed by atoms with Gasteiger partial charge in [-0.05, 0) is 12.8 Å². The molecule has 0 rings (SSSR count). The Hall–Kier alpha value is -0.0400. The van der Waals surface area contributed by atoms with Crippen LogP contribution in [0.2, 0.25) is 0 Å². The van der Waals surface area contributed by atoms with Crippen molar-refractivity contribution >= 4 is 0 Å². The molecule has 0 spiro atoms.